The summed E-state index contributed by atoms with van der Waals surface area (Å²) in [5, 5.41) is 11.3. The predicted octanol–water partition coefficient (Wildman–Crippen LogP) is 3.98. The van der Waals surface area contributed by atoms with Gasteiger partial charge in [0.15, 0.2) is 6.10 Å². The number of aliphatic hydroxyl groups excluding tert-OH is 1. The molecule has 0 bridgehead atoms. The van der Waals surface area contributed by atoms with Crippen LogP contribution in [0.25, 0.3) is 0 Å². The summed E-state index contributed by atoms with van der Waals surface area (Å²) in [6.07, 6.45) is -7.98. The first-order chi connectivity index (χ1) is 9.77. The van der Waals surface area contributed by atoms with E-state index in [-0.39, 0.29) is 5.02 Å². The van der Waals surface area contributed by atoms with Crippen molar-refractivity contribution in [2.75, 3.05) is 0 Å². The fourth-order valence-corrected chi connectivity index (χ4v) is 4.09. The molecule has 9 heteroatoms. The van der Waals surface area contributed by atoms with Gasteiger partial charge < -0.3 is 9.66 Å². The van der Waals surface area contributed by atoms with E-state index in [0.29, 0.717) is 4.88 Å². The van der Waals surface area contributed by atoms with Gasteiger partial charge in [0, 0.05) is 22.7 Å². The second-order valence-electron chi connectivity index (χ2n) is 6.17. The average molecular weight is 378 g/mol. The third kappa shape index (κ3) is 5.01. The summed E-state index contributed by atoms with van der Waals surface area (Å²) in [5.74, 6) is 0. The molecule has 0 radical (unpaired) electrons. The number of hydrogen-bond donors (Lipinski definition) is 2. The lowest BCUT2D eigenvalue weighted by Crippen LogP contribution is -2.52. The van der Waals surface area contributed by atoms with E-state index in [1.54, 1.807) is 32.2 Å². The molecule has 2 N–H and O–H groups in total. The van der Waals surface area contributed by atoms with Gasteiger partial charge in [-0.15, -0.1) is 16.1 Å². The summed E-state index contributed by atoms with van der Waals surface area (Å²) in [6, 6.07) is 1.56. The lowest BCUT2D eigenvalue weighted by atomic mass is 9.93. The van der Waals surface area contributed by atoms with Crippen molar-refractivity contribution in [3.05, 3.63) is 21.3 Å². The van der Waals surface area contributed by atoms with Gasteiger partial charge in [-0.05, 0) is 39.1 Å². The molecule has 0 amide bonds. The van der Waals surface area contributed by atoms with Crippen LogP contribution in [0.15, 0.2) is 11.4 Å². The van der Waals surface area contributed by atoms with Crippen LogP contribution in [0.5, 0.6) is 0 Å². The monoisotopic (exact) mass is 377 g/mol. The SMILES string of the molecule is CC(C)(C)[S@@+]([O-])N[C@@](C)(C[C@@H](O)C(F)(F)F)c1sccc1Cl. The van der Waals surface area contributed by atoms with Gasteiger partial charge in [0.25, 0.3) is 0 Å². The Balaban J connectivity index is 3.14. The number of halogens is 4. The molecule has 1 aromatic heterocycles. The molecule has 3 nitrogen and oxygen atoms in total. The Hall–Kier alpha value is 0.01000. The third-order valence-corrected chi connectivity index (χ3v) is 6.33. The van der Waals surface area contributed by atoms with Crippen molar-refractivity contribution in [1.82, 2.24) is 4.72 Å². The van der Waals surface area contributed by atoms with Crippen LogP contribution in [0.1, 0.15) is 39.0 Å². The number of nitrogens with one attached hydrogen (secondary N) is 1. The van der Waals surface area contributed by atoms with Crippen molar-refractivity contribution in [3.63, 3.8) is 0 Å². The second kappa shape index (κ2) is 6.86. The van der Waals surface area contributed by atoms with E-state index >= 15 is 0 Å². The lowest BCUT2D eigenvalue weighted by molar-refractivity contribution is -0.209. The molecule has 0 aromatic carbocycles. The van der Waals surface area contributed by atoms with Gasteiger partial charge in [-0.25, -0.2) is 0 Å². The second-order valence-corrected chi connectivity index (χ2v) is 9.46. The molecule has 0 saturated heterocycles. The predicted molar refractivity (Wildman–Crippen MR) is 84.4 cm³/mol. The van der Waals surface area contributed by atoms with E-state index in [1.807, 2.05) is 0 Å². The van der Waals surface area contributed by atoms with Crippen molar-refractivity contribution < 1.29 is 22.8 Å². The van der Waals surface area contributed by atoms with Crippen molar-refractivity contribution in [2.45, 2.75) is 56.7 Å². The van der Waals surface area contributed by atoms with Gasteiger partial charge in [-0.3, -0.25) is 0 Å². The number of hydrogen-bond acceptors (Lipinski definition) is 4. The zero-order chi connectivity index (χ0) is 17.3. The first-order valence-electron chi connectivity index (χ1n) is 6.45. The number of rotatable bonds is 5. The number of aliphatic hydroxyl groups is 1. The largest absolute Gasteiger partial charge is 0.598 e. The van der Waals surface area contributed by atoms with Gasteiger partial charge in [0.1, 0.15) is 4.75 Å². The molecule has 0 aliphatic heterocycles. The number of alkyl halides is 3. The minimum absolute atomic E-state index is 0.278. The van der Waals surface area contributed by atoms with Crippen molar-refractivity contribution in [2.24, 2.45) is 0 Å². The van der Waals surface area contributed by atoms with Crippen LogP contribution in [0.2, 0.25) is 5.02 Å². The highest BCUT2D eigenvalue weighted by Crippen LogP contribution is 2.40. The molecule has 3 atom stereocenters. The standard InChI is InChI=1S/C13H19ClF3NO2S2/c1-11(2,3)22(20)18-12(4,7-9(19)13(15,16)17)10-8(14)5-6-21-10/h5-6,9,18-19H,7H2,1-4H3/t9-,12+,22-/m1/s1. The molecule has 1 heterocycles. The van der Waals surface area contributed by atoms with Crippen LogP contribution < -0.4 is 4.72 Å². The van der Waals surface area contributed by atoms with E-state index in [4.69, 9.17) is 11.6 Å². The summed E-state index contributed by atoms with van der Waals surface area (Å²) >= 11 is 5.56. The van der Waals surface area contributed by atoms with E-state index in [2.05, 4.69) is 4.72 Å². The maximum Gasteiger partial charge on any atom is 0.414 e. The Labute approximate surface area is 140 Å². The van der Waals surface area contributed by atoms with Gasteiger partial charge in [-0.1, -0.05) is 11.6 Å². The average Bonchev–Trinajstić information content (AvgIpc) is 2.73. The summed E-state index contributed by atoms with van der Waals surface area (Å²) in [7, 11) is 0. The van der Waals surface area contributed by atoms with E-state index < -0.39 is 40.3 Å². The quantitative estimate of drug-likeness (QED) is 0.763. The normalized spacial score (nSPS) is 18.8. The smallest absolute Gasteiger partial charge is 0.414 e. The highest BCUT2D eigenvalue weighted by molar-refractivity contribution is 7.90. The maximum absolute atomic E-state index is 12.7. The fourth-order valence-electron chi connectivity index (χ4n) is 1.73. The molecule has 0 spiro atoms. The van der Waals surface area contributed by atoms with Crippen LogP contribution in [-0.2, 0) is 16.9 Å². The summed E-state index contributed by atoms with van der Waals surface area (Å²) < 4.78 is 52.5. The molecule has 0 fully saturated rings. The van der Waals surface area contributed by atoms with Crippen LogP contribution in [-0.4, -0.2) is 26.7 Å². The Morgan fingerprint density at radius 1 is 1.36 bits per heavy atom. The van der Waals surface area contributed by atoms with E-state index in [1.165, 1.54) is 6.92 Å². The Morgan fingerprint density at radius 3 is 2.27 bits per heavy atom. The Bertz CT molecular complexity index is 480. The molecule has 0 aliphatic carbocycles. The van der Waals surface area contributed by atoms with Gasteiger partial charge in [0.05, 0.1) is 10.6 Å². The fraction of sp³-hybridized carbons (Fsp3) is 0.692. The molecule has 1 rings (SSSR count). The minimum Gasteiger partial charge on any atom is -0.598 e. The highest BCUT2D eigenvalue weighted by Gasteiger charge is 2.47. The zero-order valence-electron chi connectivity index (χ0n) is 12.6. The highest BCUT2D eigenvalue weighted by atomic mass is 35.5. The van der Waals surface area contributed by atoms with Gasteiger partial charge in [0.2, 0.25) is 0 Å². The Kier molecular flexibility index (Phi) is 6.26. The summed E-state index contributed by atoms with van der Waals surface area (Å²) in [6.45, 7) is 6.57. The maximum atomic E-state index is 12.7. The summed E-state index contributed by atoms with van der Waals surface area (Å²) in [5.41, 5.74) is -1.36. The van der Waals surface area contributed by atoms with Gasteiger partial charge in [-0.2, -0.15) is 13.2 Å². The molecule has 0 saturated carbocycles. The van der Waals surface area contributed by atoms with E-state index in [0.717, 1.165) is 11.3 Å². The molecule has 22 heavy (non-hydrogen) atoms. The first-order valence-corrected chi connectivity index (χ1v) is 8.86. The van der Waals surface area contributed by atoms with E-state index in [9.17, 15) is 22.8 Å². The molecule has 0 unspecified atom stereocenters. The first kappa shape index (κ1) is 20.1. The van der Waals surface area contributed by atoms with Crippen LogP contribution >= 0.6 is 22.9 Å². The molecule has 1 aromatic rings. The summed E-state index contributed by atoms with van der Waals surface area (Å²) in [4.78, 5) is 0.412. The molecular weight excluding hydrogens is 359 g/mol. The van der Waals surface area contributed by atoms with Crippen molar-refractivity contribution in [3.8, 4) is 0 Å². The topological polar surface area (TPSA) is 55.3 Å². The lowest BCUT2D eigenvalue weighted by Gasteiger charge is -2.36. The molecule has 128 valence electrons. The molecular formula is C13H19ClF3NO2S2. The van der Waals surface area contributed by atoms with Crippen molar-refractivity contribution >= 4 is 34.3 Å². The van der Waals surface area contributed by atoms with Crippen LogP contribution in [0, 0.1) is 0 Å². The number of thiophene rings is 1. The molecule has 0 aliphatic rings. The zero-order valence-corrected chi connectivity index (χ0v) is 15.0. The van der Waals surface area contributed by atoms with Gasteiger partial charge >= 0.3 is 6.18 Å². The Morgan fingerprint density at radius 2 is 1.91 bits per heavy atom. The minimum atomic E-state index is -4.75. The van der Waals surface area contributed by atoms with Crippen molar-refractivity contribution in [1.29, 1.82) is 0 Å². The third-order valence-electron chi connectivity index (χ3n) is 2.97. The van der Waals surface area contributed by atoms with Crippen LogP contribution in [0.4, 0.5) is 13.2 Å². The van der Waals surface area contributed by atoms with Crippen LogP contribution in [0.3, 0.4) is 0 Å².